The molecule has 0 amide bonds. The van der Waals surface area contributed by atoms with Gasteiger partial charge in [-0.3, -0.25) is 0 Å². The number of piperazine rings is 1. The second-order valence-corrected chi connectivity index (χ2v) is 9.58. The molecule has 0 atom stereocenters. The van der Waals surface area contributed by atoms with Gasteiger partial charge in [0.2, 0.25) is 10.0 Å². The van der Waals surface area contributed by atoms with Gasteiger partial charge in [0.25, 0.3) is 0 Å². The monoisotopic (exact) mass is 454 g/mol. The standard InChI is InChI=1S/C22H26N6O3S/c1-16-4-7-20(23-15-16)24-21-8-9-22(26-25-21)27-10-12-28(13-11-27)32(29,30)18-5-6-19(31-3)17(2)14-18/h4-9,14-15H,10-13H2,1-3H3,(H,23,24,25). The van der Waals surface area contributed by atoms with Gasteiger partial charge in [-0.25, -0.2) is 13.4 Å². The number of ether oxygens (including phenoxy) is 1. The van der Waals surface area contributed by atoms with Crippen molar-refractivity contribution in [2.24, 2.45) is 0 Å². The topological polar surface area (TPSA) is 101 Å². The van der Waals surface area contributed by atoms with Crippen molar-refractivity contribution in [1.29, 1.82) is 0 Å². The second-order valence-electron chi connectivity index (χ2n) is 7.65. The fraction of sp³-hybridized carbons (Fsp3) is 0.318. The number of methoxy groups -OCH3 is 1. The van der Waals surface area contributed by atoms with Crippen LogP contribution in [0, 0.1) is 13.8 Å². The van der Waals surface area contributed by atoms with E-state index < -0.39 is 10.0 Å². The molecule has 3 aromatic rings. The van der Waals surface area contributed by atoms with Gasteiger partial charge in [0.15, 0.2) is 11.6 Å². The van der Waals surface area contributed by atoms with Gasteiger partial charge < -0.3 is 15.0 Å². The Morgan fingerprint density at radius 3 is 2.28 bits per heavy atom. The van der Waals surface area contributed by atoms with Gasteiger partial charge in [-0.15, -0.1) is 10.2 Å². The highest BCUT2D eigenvalue weighted by atomic mass is 32.2. The van der Waals surface area contributed by atoms with Crippen molar-refractivity contribution in [3.63, 3.8) is 0 Å². The van der Waals surface area contributed by atoms with Gasteiger partial charge in [0.05, 0.1) is 12.0 Å². The predicted molar refractivity (Wildman–Crippen MR) is 123 cm³/mol. The van der Waals surface area contributed by atoms with Crippen LogP contribution >= 0.6 is 0 Å². The maximum atomic E-state index is 13.0. The van der Waals surface area contributed by atoms with E-state index in [9.17, 15) is 8.42 Å². The molecule has 10 heteroatoms. The summed E-state index contributed by atoms with van der Waals surface area (Å²) >= 11 is 0. The van der Waals surface area contributed by atoms with Crippen molar-refractivity contribution in [2.45, 2.75) is 18.7 Å². The zero-order chi connectivity index (χ0) is 22.7. The van der Waals surface area contributed by atoms with Crippen LogP contribution in [-0.2, 0) is 10.0 Å². The summed E-state index contributed by atoms with van der Waals surface area (Å²) in [5.41, 5.74) is 1.87. The zero-order valence-corrected chi connectivity index (χ0v) is 19.1. The number of benzene rings is 1. The Balaban J connectivity index is 1.38. The number of anilines is 3. The molecule has 168 valence electrons. The summed E-state index contributed by atoms with van der Waals surface area (Å²) in [6, 6.07) is 12.5. The molecule has 0 bridgehead atoms. The summed E-state index contributed by atoms with van der Waals surface area (Å²) < 4.78 is 32.8. The Hall–Kier alpha value is -3.24. The van der Waals surface area contributed by atoms with Crippen LogP contribution in [-0.4, -0.2) is 61.2 Å². The summed E-state index contributed by atoms with van der Waals surface area (Å²) in [6.07, 6.45) is 1.78. The average molecular weight is 455 g/mol. The van der Waals surface area contributed by atoms with Crippen molar-refractivity contribution in [3.05, 3.63) is 59.8 Å². The van der Waals surface area contributed by atoms with E-state index >= 15 is 0 Å². The third kappa shape index (κ3) is 4.66. The van der Waals surface area contributed by atoms with E-state index in [1.165, 1.54) is 4.31 Å². The fourth-order valence-electron chi connectivity index (χ4n) is 3.55. The maximum Gasteiger partial charge on any atom is 0.243 e. The molecule has 1 N–H and O–H groups in total. The molecule has 0 radical (unpaired) electrons. The molecule has 1 fully saturated rings. The number of hydrogen-bond donors (Lipinski definition) is 1. The van der Waals surface area contributed by atoms with Crippen LogP contribution in [0.1, 0.15) is 11.1 Å². The Morgan fingerprint density at radius 2 is 1.69 bits per heavy atom. The summed E-state index contributed by atoms with van der Waals surface area (Å²) in [6.45, 7) is 5.64. The van der Waals surface area contributed by atoms with Crippen molar-refractivity contribution in [1.82, 2.24) is 19.5 Å². The fourth-order valence-corrected chi connectivity index (χ4v) is 5.06. The number of aromatic nitrogens is 3. The van der Waals surface area contributed by atoms with E-state index in [4.69, 9.17) is 4.74 Å². The molecular weight excluding hydrogens is 428 g/mol. The third-order valence-electron chi connectivity index (χ3n) is 5.38. The Kier molecular flexibility index (Phi) is 6.24. The molecule has 1 aliphatic rings. The SMILES string of the molecule is COc1ccc(S(=O)(=O)N2CCN(c3ccc(Nc4ccc(C)cn4)nn3)CC2)cc1C. The highest BCUT2D eigenvalue weighted by Crippen LogP contribution is 2.25. The first-order valence-electron chi connectivity index (χ1n) is 10.3. The average Bonchev–Trinajstić information content (AvgIpc) is 2.81. The Labute approximate surface area is 188 Å². The molecule has 32 heavy (non-hydrogen) atoms. The number of rotatable bonds is 6. The lowest BCUT2D eigenvalue weighted by molar-refractivity contribution is 0.383. The molecule has 0 spiro atoms. The maximum absolute atomic E-state index is 13.0. The minimum Gasteiger partial charge on any atom is -0.496 e. The highest BCUT2D eigenvalue weighted by Gasteiger charge is 2.29. The van der Waals surface area contributed by atoms with Gasteiger partial charge in [-0.1, -0.05) is 6.07 Å². The van der Waals surface area contributed by atoms with Crippen molar-refractivity contribution in [2.75, 3.05) is 43.5 Å². The smallest absolute Gasteiger partial charge is 0.243 e. The summed E-state index contributed by atoms with van der Waals surface area (Å²) in [5.74, 6) is 2.68. The highest BCUT2D eigenvalue weighted by molar-refractivity contribution is 7.89. The van der Waals surface area contributed by atoms with Crippen molar-refractivity contribution in [3.8, 4) is 5.75 Å². The minimum atomic E-state index is -3.56. The number of hydrogen-bond acceptors (Lipinski definition) is 8. The van der Waals surface area contributed by atoms with Gasteiger partial charge >= 0.3 is 0 Å². The van der Waals surface area contributed by atoms with Crippen LogP contribution < -0.4 is 15.0 Å². The van der Waals surface area contributed by atoms with E-state index in [1.807, 2.05) is 43.0 Å². The van der Waals surface area contributed by atoms with Gasteiger partial charge in [-0.05, 0) is 61.4 Å². The molecular formula is C22H26N6O3S. The molecule has 2 aromatic heterocycles. The lowest BCUT2D eigenvalue weighted by atomic mass is 10.2. The van der Waals surface area contributed by atoms with Crippen LogP contribution in [0.2, 0.25) is 0 Å². The van der Waals surface area contributed by atoms with Gasteiger partial charge in [0.1, 0.15) is 11.6 Å². The predicted octanol–water partition coefficient (Wildman–Crippen LogP) is 2.75. The molecule has 4 rings (SSSR count). The summed E-state index contributed by atoms with van der Waals surface area (Å²) in [4.78, 5) is 6.61. The quantitative estimate of drug-likeness (QED) is 0.607. The molecule has 1 aromatic carbocycles. The van der Waals surface area contributed by atoms with Crippen LogP contribution in [0.5, 0.6) is 5.75 Å². The van der Waals surface area contributed by atoms with E-state index in [0.717, 1.165) is 11.1 Å². The molecule has 1 saturated heterocycles. The minimum absolute atomic E-state index is 0.282. The number of pyridine rings is 1. The molecule has 3 heterocycles. The normalized spacial score (nSPS) is 14.9. The second kappa shape index (κ2) is 9.09. The lowest BCUT2D eigenvalue weighted by Gasteiger charge is -2.34. The lowest BCUT2D eigenvalue weighted by Crippen LogP contribution is -2.49. The van der Waals surface area contributed by atoms with Crippen molar-refractivity contribution < 1.29 is 13.2 Å². The largest absolute Gasteiger partial charge is 0.496 e. The molecule has 0 unspecified atom stereocenters. The molecule has 9 nitrogen and oxygen atoms in total. The van der Waals surface area contributed by atoms with Gasteiger partial charge in [0, 0.05) is 32.4 Å². The first kappa shape index (κ1) is 22.0. The van der Waals surface area contributed by atoms with E-state index in [1.54, 1.807) is 31.5 Å². The van der Waals surface area contributed by atoms with Crippen LogP contribution in [0.15, 0.2) is 53.6 Å². The number of nitrogens with zero attached hydrogens (tertiary/aromatic N) is 5. The van der Waals surface area contributed by atoms with Gasteiger partial charge in [-0.2, -0.15) is 4.31 Å². The Bertz CT molecular complexity index is 1180. The zero-order valence-electron chi connectivity index (χ0n) is 18.3. The molecule has 0 aliphatic carbocycles. The van der Waals surface area contributed by atoms with E-state index in [2.05, 4.69) is 20.5 Å². The van der Waals surface area contributed by atoms with E-state index in [0.29, 0.717) is 49.4 Å². The number of sulfonamides is 1. The van der Waals surface area contributed by atoms with Crippen molar-refractivity contribution >= 4 is 27.5 Å². The summed E-state index contributed by atoms with van der Waals surface area (Å²) in [5, 5.41) is 11.6. The van der Waals surface area contributed by atoms with Crippen LogP contribution in [0.4, 0.5) is 17.5 Å². The Morgan fingerprint density at radius 1 is 0.938 bits per heavy atom. The molecule has 0 saturated carbocycles. The summed E-state index contributed by atoms with van der Waals surface area (Å²) in [7, 11) is -1.99. The third-order valence-corrected chi connectivity index (χ3v) is 7.28. The van der Waals surface area contributed by atoms with E-state index in [-0.39, 0.29) is 4.90 Å². The number of aryl methyl sites for hydroxylation is 2. The van der Waals surface area contributed by atoms with Crippen LogP contribution in [0.25, 0.3) is 0 Å². The first-order chi connectivity index (χ1) is 15.4. The molecule has 1 aliphatic heterocycles. The number of nitrogens with one attached hydrogen (secondary N) is 1. The first-order valence-corrected chi connectivity index (χ1v) is 11.7. The van der Waals surface area contributed by atoms with Crippen LogP contribution in [0.3, 0.4) is 0 Å².